The van der Waals surface area contributed by atoms with E-state index in [9.17, 15) is 8.42 Å². The average Bonchev–Trinajstić information content (AvgIpc) is 2.41. The number of hydrogen-bond acceptors (Lipinski definition) is 3. The van der Waals surface area contributed by atoms with Crippen molar-refractivity contribution in [2.75, 3.05) is 6.54 Å². The van der Waals surface area contributed by atoms with Crippen molar-refractivity contribution in [1.29, 1.82) is 0 Å². The van der Waals surface area contributed by atoms with Gasteiger partial charge in [0.15, 0.2) is 0 Å². The lowest BCUT2D eigenvalue weighted by Gasteiger charge is -2.37. The van der Waals surface area contributed by atoms with Crippen LogP contribution in [0.5, 0.6) is 0 Å². The zero-order valence-corrected chi connectivity index (χ0v) is 13.3. The Morgan fingerprint density at radius 1 is 1.35 bits per heavy atom. The summed E-state index contributed by atoms with van der Waals surface area (Å²) in [4.78, 5) is 0.413. The summed E-state index contributed by atoms with van der Waals surface area (Å²) in [5.41, 5.74) is 7.34. The van der Waals surface area contributed by atoms with E-state index in [4.69, 9.17) is 5.73 Å². The van der Waals surface area contributed by atoms with Crippen molar-refractivity contribution in [1.82, 2.24) is 4.31 Å². The molecule has 2 rings (SSSR count). The van der Waals surface area contributed by atoms with E-state index in [0.717, 1.165) is 24.0 Å². The second-order valence-corrected chi connectivity index (χ2v) is 7.64. The molecule has 0 bridgehead atoms. The number of sulfonamides is 1. The summed E-state index contributed by atoms with van der Waals surface area (Å²) in [5, 5.41) is 0. The van der Waals surface area contributed by atoms with Gasteiger partial charge in [0.05, 0.1) is 4.90 Å². The van der Waals surface area contributed by atoms with Gasteiger partial charge in [-0.2, -0.15) is 4.31 Å². The molecule has 1 aromatic rings. The molecule has 4 nitrogen and oxygen atoms in total. The molecule has 0 amide bonds. The fraction of sp³-hybridized carbons (Fsp3) is 0.600. The zero-order valence-electron chi connectivity index (χ0n) is 12.5. The molecule has 0 aromatic heterocycles. The van der Waals surface area contributed by atoms with Gasteiger partial charge in [-0.05, 0) is 49.8 Å². The quantitative estimate of drug-likeness (QED) is 0.930. The van der Waals surface area contributed by atoms with Gasteiger partial charge in [-0.3, -0.25) is 0 Å². The van der Waals surface area contributed by atoms with Crippen LogP contribution in [-0.2, 0) is 16.6 Å². The van der Waals surface area contributed by atoms with Crippen molar-refractivity contribution in [3.8, 4) is 0 Å². The molecule has 0 aliphatic carbocycles. The van der Waals surface area contributed by atoms with Crippen LogP contribution in [0.25, 0.3) is 0 Å². The molecular formula is C15H24N2O2S. The minimum Gasteiger partial charge on any atom is -0.326 e. The molecule has 1 aromatic carbocycles. The number of piperidine rings is 1. The molecule has 1 heterocycles. The molecule has 20 heavy (non-hydrogen) atoms. The van der Waals surface area contributed by atoms with Crippen LogP contribution in [0.2, 0.25) is 0 Å². The monoisotopic (exact) mass is 296 g/mol. The molecule has 112 valence electrons. The molecule has 5 heteroatoms. The second-order valence-electron chi connectivity index (χ2n) is 5.78. The maximum Gasteiger partial charge on any atom is 0.243 e. The topological polar surface area (TPSA) is 63.4 Å². The Balaban J connectivity index is 2.39. The van der Waals surface area contributed by atoms with Gasteiger partial charge in [-0.1, -0.05) is 19.1 Å². The zero-order chi connectivity index (χ0) is 14.9. The minimum atomic E-state index is -3.41. The van der Waals surface area contributed by atoms with E-state index >= 15 is 0 Å². The maximum absolute atomic E-state index is 12.9. The first-order chi connectivity index (χ1) is 9.37. The Labute approximate surface area is 122 Å². The lowest BCUT2D eigenvalue weighted by molar-refractivity contribution is 0.202. The van der Waals surface area contributed by atoms with Crippen molar-refractivity contribution in [3.63, 3.8) is 0 Å². The van der Waals surface area contributed by atoms with Crippen molar-refractivity contribution in [3.05, 3.63) is 29.3 Å². The molecular weight excluding hydrogens is 272 g/mol. The van der Waals surface area contributed by atoms with E-state index in [1.54, 1.807) is 16.4 Å². The summed E-state index contributed by atoms with van der Waals surface area (Å²) >= 11 is 0. The lowest BCUT2D eigenvalue weighted by atomic mass is 9.94. The molecule has 0 saturated carbocycles. The minimum absolute atomic E-state index is 0.0577. The van der Waals surface area contributed by atoms with Crippen LogP contribution in [0.15, 0.2) is 23.1 Å². The summed E-state index contributed by atoms with van der Waals surface area (Å²) in [6, 6.07) is 5.42. The van der Waals surface area contributed by atoms with Gasteiger partial charge in [0.25, 0.3) is 0 Å². The third-order valence-corrected chi connectivity index (χ3v) is 6.52. The van der Waals surface area contributed by atoms with Crippen molar-refractivity contribution in [2.45, 2.75) is 51.1 Å². The molecule has 2 N–H and O–H groups in total. The number of nitrogens with zero attached hydrogens (tertiary/aromatic N) is 1. The summed E-state index contributed by atoms with van der Waals surface area (Å²) in [7, 11) is -3.41. The number of benzene rings is 1. The lowest BCUT2D eigenvalue weighted by Crippen LogP contribution is -2.46. The SMILES string of the molecule is Cc1cc(CN)ccc1S(=O)(=O)N1CCCC(C)C1C. The molecule has 0 radical (unpaired) electrons. The van der Waals surface area contributed by atoms with E-state index in [1.807, 2.05) is 19.9 Å². The van der Waals surface area contributed by atoms with Gasteiger partial charge >= 0.3 is 0 Å². The summed E-state index contributed by atoms with van der Waals surface area (Å²) < 4.78 is 27.4. The van der Waals surface area contributed by atoms with Crippen LogP contribution in [0.1, 0.15) is 37.8 Å². The highest BCUT2D eigenvalue weighted by Gasteiger charge is 2.35. The first kappa shape index (κ1) is 15.5. The summed E-state index contributed by atoms with van der Waals surface area (Å²) in [6.07, 6.45) is 2.03. The van der Waals surface area contributed by atoms with E-state index in [-0.39, 0.29) is 6.04 Å². The van der Waals surface area contributed by atoms with E-state index < -0.39 is 10.0 Å². The van der Waals surface area contributed by atoms with Crippen molar-refractivity contribution < 1.29 is 8.42 Å². The van der Waals surface area contributed by atoms with Crippen LogP contribution in [-0.4, -0.2) is 25.3 Å². The number of rotatable bonds is 3. The maximum atomic E-state index is 12.9. The first-order valence-electron chi connectivity index (χ1n) is 7.19. The van der Waals surface area contributed by atoms with Gasteiger partial charge in [-0.25, -0.2) is 8.42 Å². The highest BCUT2D eigenvalue weighted by atomic mass is 32.2. The normalized spacial score (nSPS) is 24.8. The first-order valence-corrected chi connectivity index (χ1v) is 8.63. The predicted molar refractivity (Wildman–Crippen MR) is 80.8 cm³/mol. The van der Waals surface area contributed by atoms with Gasteiger partial charge < -0.3 is 5.73 Å². The molecule has 1 aliphatic heterocycles. The number of nitrogens with two attached hydrogens (primary N) is 1. The fourth-order valence-electron chi connectivity index (χ4n) is 2.89. The highest BCUT2D eigenvalue weighted by molar-refractivity contribution is 7.89. The van der Waals surface area contributed by atoms with Crippen molar-refractivity contribution in [2.24, 2.45) is 11.7 Å². The third-order valence-electron chi connectivity index (χ3n) is 4.38. The molecule has 1 fully saturated rings. The largest absolute Gasteiger partial charge is 0.326 e. The molecule has 0 spiro atoms. The highest BCUT2D eigenvalue weighted by Crippen LogP contribution is 2.30. The van der Waals surface area contributed by atoms with Gasteiger partial charge in [0.2, 0.25) is 10.0 Å². The number of aryl methyl sites for hydroxylation is 1. The van der Waals surface area contributed by atoms with Gasteiger partial charge in [-0.15, -0.1) is 0 Å². The van der Waals surface area contributed by atoms with Crippen LogP contribution in [0.4, 0.5) is 0 Å². The fourth-order valence-corrected chi connectivity index (χ4v) is 4.86. The van der Waals surface area contributed by atoms with Crippen molar-refractivity contribution >= 4 is 10.0 Å². The Kier molecular flexibility index (Phi) is 4.52. The molecule has 2 atom stereocenters. The van der Waals surface area contributed by atoms with Crippen LogP contribution in [0, 0.1) is 12.8 Å². The predicted octanol–water partition coefficient (Wildman–Crippen LogP) is 2.26. The standard InChI is InChI=1S/C15H24N2O2S/c1-11-5-4-8-17(13(11)3)20(18,19)15-7-6-14(10-16)9-12(15)2/h6-7,9,11,13H,4-5,8,10,16H2,1-3H3. The molecule has 2 unspecified atom stereocenters. The summed E-state index contributed by atoms with van der Waals surface area (Å²) in [6.45, 7) is 7.01. The molecule has 1 saturated heterocycles. The second kappa shape index (κ2) is 5.84. The number of hydrogen-bond donors (Lipinski definition) is 1. The van der Waals surface area contributed by atoms with E-state index in [0.29, 0.717) is 23.9 Å². The van der Waals surface area contributed by atoms with Gasteiger partial charge in [0.1, 0.15) is 0 Å². The third kappa shape index (κ3) is 2.75. The molecule has 1 aliphatic rings. The summed E-state index contributed by atoms with van der Waals surface area (Å²) in [5.74, 6) is 0.405. The Bertz CT molecular complexity index is 584. The van der Waals surface area contributed by atoms with Crippen LogP contribution < -0.4 is 5.73 Å². The smallest absolute Gasteiger partial charge is 0.243 e. The Morgan fingerprint density at radius 2 is 2.05 bits per heavy atom. The van der Waals surface area contributed by atoms with Gasteiger partial charge in [0, 0.05) is 19.1 Å². The average molecular weight is 296 g/mol. The van der Waals surface area contributed by atoms with Crippen LogP contribution >= 0.6 is 0 Å². The Hall–Kier alpha value is -0.910. The van der Waals surface area contributed by atoms with E-state index in [1.165, 1.54) is 0 Å². The van der Waals surface area contributed by atoms with E-state index in [2.05, 4.69) is 6.92 Å². The Morgan fingerprint density at radius 3 is 2.65 bits per heavy atom. The van der Waals surface area contributed by atoms with Crippen LogP contribution in [0.3, 0.4) is 0 Å².